The molecule has 6 nitrogen and oxygen atoms in total. The molecule has 4 rings (SSSR count). The van der Waals surface area contributed by atoms with Crippen molar-refractivity contribution >= 4 is 28.4 Å². The van der Waals surface area contributed by atoms with Crippen molar-refractivity contribution < 1.29 is 19.1 Å². The number of carbonyl (C=O) groups is 2. The van der Waals surface area contributed by atoms with E-state index in [4.69, 9.17) is 14.5 Å². The van der Waals surface area contributed by atoms with Gasteiger partial charge in [-0.3, -0.25) is 9.59 Å². The zero-order chi connectivity index (χ0) is 21.1. The third-order valence-corrected chi connectivity index (χ3v) is 4.91. The quantitative estimate of drug-likeness (QED) is 0.354. The first-order valence-corrected chi connectivity index (χ1v) is 9.93. The summed E-state index contributed by atoms with van der Waals surface area (Å²) < 4.78 is 12.2. The van der Waals surface area contributed by atoms with Crippen LogP contribution in [-0.2, 0) is 19.1 Å². The first-order valence-electron chi connectivity index (χ1n) is 9.93. The van der Waals surface area contributed by atoms with Crippen LogP contribution in [0.5, 0.6) is 0 Å². The predicted molar refractivity (Wildman–Crippen MR) is 114 cm³/mol. The highest BCUT2D eigenvalue weighted by Crippen LogP contribution is 2.33. The number of fused-ring (bicyclic) bond motifs is 2. The van der Waals surface area contributed by atoms with Crippen molar-refractivity contribution in [3.05, 3.63) is 72.6 Å². The fourth-order valence-electron chi connectivity index (χ4n) is 3.61. The molecular formula is C24H22N2O4. The Morgan fingerprint density at radius 2 is 1.57 bits per heavy atom. The summed E-state index contributed by atoms with van der Waals surface area (Å²) in [5, 5.41) is 2.14. The third-order valence-electron chi connectivity index (χ3n) is 4.91. The largest absolute Gasteiger partial charge is 0.465 e. The second kappa shape index (κ2) is 8.37. The summed E-state index contributed by atoms with van der Waals surface area (Å²) in [5.74, 6) is -2.53. The Morgan fingerprint density at radius 1 is 0.900 bits per heavy atom. The van der Waals surface area contributed by atoms with Gasteiger partial charge in [0.05, 0.1) is 24.6 Å². The Bertz CT molecular complexity index is 1210. The lowest BCUT2D eigenvalue weighted by Crippen LogP contribution is -2.27. The summed E-state index contributed by atoms with van der Waals surface area (Å²) >= 11 is 0. The van der Waals surface area contributed by atoms with Crippen LogP contribution in [0.4, 0.5) is 0 Å². The molecule has 0 saturated heterocycles. The SMILES string of the molecule is CCOC(=O)C(C(=O)OCC)c1c(-c2ccc3ccccc3c2)nc2ccccn12. The highest BCUT2D eigenvalue weighted by Gasteiger charge is 2.37. The number of hydrogen-bond donors (Lipinski definition) is 0. The summed E-state index contributed by atoms with van der Waals surface area (Å²) in [4.78, 5) is 30.4. The molecule has 6 heteroatoms. The van der Waals surface area contributed by atoms with Crippen LogP contribution in [0.1, 0.15) is 25.5 Å². The smallest absolute Gasteiger partial charge is 0.326 e. The van der Waals surface area contributed by atoms with Crippen LogP contribution in [0.15, 0.2) is 66.9 Å². The first-order chi connectivity index (χ1) is 14.6. The van der Waals surface area contributed by atoms with Crippen molar-refractivity contribution in [2.45, 2.75) is 19.8 Å². The molecule has 0 fully saturated rings. The molecule has 2 heterocycles. The number of carbonyl (C=O) groups excluding carboxylic acids is 2. The first kappa shape index (κ1) is 19.6. The minimum Gasteiger partial charge on any atom is -0.465 e. The molecule has 30 heavy (non-hydrogen) atoms. The maximum atomic E-state index is 12.8. The zero-order valence-electron chi connectivity index (χ0n) is 16.9. The summed E-state index contributed by atoms with van der Waals surface area (Å²) in [6.45, 7) is 3.74. The Morgan fingerprint density at radius 3 is 2.27 bits per heavy atom. The molecule has 0 aliphatic heterocycles. The molecule has 0 atom stereocenters. The Labute approximate surface area is 174 Å². The van der Waals surface area contributed by atoms with Gasteiger partial charge in [-0.05, 0) is 42.8 Å². The summed E-state index contributed by atoms with van der Waals surface area (Å²) in [6.07, 6.45) is 1.79. The minimum atomic E-state index is -1.23. The number of hydrogen-bond acceptors (Lipinski definition) is 5. The molecule has 0 spiro atoms. The fourth-order valence-corrected chi connectivity index (χ4v) is 3.61. The zero-order valence-corrected chi connectivity index (χ0v) is 16.9. The lowest BCUT2D eigenvalue weighted by Gasteiger charge is -2.16. The van der Waals surface area contributed by atoms with Gasteiger partial charge in [-0.25, -0.2) is 4.98 Å². The van der Waals surface area contributed by atoms with E-state index in [0.717, 1.165) is 16.3 Å². The average molecular weight is 402 g/mol. The lowest BCUT2D eigenvalue weighted by atomic mass is 9.98. The molecule has 0 unspecified atom stereocenters. The Kier molecular flexibility index (Phi) is 5.48. The van der Waals surface area contributed by atoms with Gasteiger partial charge >= 0.3 is 11.9 Å². The van der Waals surface area contributed by atoms with Crippen molar-refractivity contribution in [2.24, 2.45) is 0 Å². The number of ether oxygens (including phenoxy) is 2. The maximum absolute atomic E-state index is 12.8. The van der Waals surface area contributed by atoms with Gasteiger partial charge in [0.25, 0.3) is 0 Å². The van der Waals surface area contributed by atoms with Gasteiger partial charge in [0.1, 0.15) is 5.65 Å². The second-order valence-corrected chi connectivity index (χ2v) is 6.77. The van der Waals surface area contributed by atoms with Gasteiger partial charge in [0, 0.05) is 11.8 Å². The number of nitrogens with zero attached hydrogens (tertiary/aromatic N) is 2. The molecule has 4 aromatic rings. The summed E-state index contributed by atoms with van der Waals surface area (Å²) in [6, 6.07) is 19.5. The Balaban J connectivity index is 1.96. The second-order valence-electron chi connectivity index (χ2n) is 6.77. The number of pyridine rings is 1. The van der Waals surface area contributed by atoms with Gasteiger partial charge in [0.2, 0.25) is 0 Å². The number of benzene rings is 2. The van der Waals surface area contributed by atoms with E-state index in [1.165, 1.54) is 0 Å². The van der Waals surface area contributed by atoms with E-state index in [2.05, 4.69) is 0 Å². The van der Waals surface area contributed by atoms with E-state index in [9.17, 15) is 9.59 Å². The number of rotatable bonds is 6. The molecule has 0 N–H and O–H groups in total. The molecule has 0 aliphatic rings. The standard InChI is InChI=1S/C24H22N2O4/c1-3-29-23(27)20(24(28)30-4-2)22-21(25-19-11-7-8-14-26(19)22)18-13-12-16-9-5-6-10-17(16)15-18/h5-15,20H,3-4H2,1-2H3. The molecule has 0 amide bonds. The van der Waals surface area contributed by atoms with E-state index in [1.54, 1.807) is 24.4 Å². The van der Waals surface area contributed by atoms with Crippen LogP contribution < -0.4 is 0 Å². The molecule has 0 bridgehead atoms. The van der Waals surface area contributed by atoms with E-state index >= 15 is 0 Å². The predicted octanol–water partition coefficient (Wildman–Crippen LogP) is 4.36. The molecule has 0 saturated carbocycles. The van der Waals surface area contributed by atoms with E-state index in [1.807, 2.05) is 60.7 Å². The minimum absolute atomic E-state index is 0.163. The van der Waals surface area contributed by atoms with E-state index in [0.29, 0.717) is 17.0 Å². The molecule has 2 aromatic heterocycles. The summed E-state index contributed by atoms with van der Waals surface area (Å²) in [7, 11) is 0. The number of esters is 2. The summed E-state index contributed by atoms with van der Waals surface area (Å²) in [5.41, 5.74) is 2.44. The van der Waals surface area contributed by atoms with Crippen LogP contribution in [0, 0.1) is 0 Å². The van der Waals surface area contributed by atoms with Gasteiger partial charge in [-0.1, -0.05) is 42.5 Å². The molecule has 0 radical (unpaired) electrons. The number of aromatic nitrogens is 2. The van der Waals surface area contributed by atoms with Crippen molar-refractivity contribution in [1.29, 1.82) is 0 Å². The van der Waals surface area contributed by atoms with Crippen molar-refractivity contribution in [1.82, 2.24) is 9.38 Å². The van der Waals surface area contributed by atoms with Gasteiger partial charge in [0.15, 0.2) is 5.92 Å². The normalized spacial score (nSPS) is 11.2. The monoisotopic (exact) mass is 402 g/mol. The Hall–Kier alpha value is -3.67. The lowest BCUT2D eigenvalue weighted by molar-refractivity contribution is -0.157. The topological polar surface area (TPSA) is 69.9 Å². The molecule has 0 aliphatic carbocycles. The van der Waals surface area contributed by atoms with E-state index in [-0.39, 0.29) is 13.2 Å². The van der Waals surface area contributed by atoms with Gasteiger partial charge in [-0.15, -0.1) is 0 Å². The van der Waals surface area contributed by atoms with Crippen LogP contribution >= 0.6 is 0 Å². The van der Waals surface area contributed by atoms with Crippen LogP contribution in [0.2, 0.25) is 0 Å². The van der Waals surface area contributed by atoms with Crippen molar-refractivity contribution in [3.8, 4) is 11.3 Å². The van der Waals surface area contributed by atoms with Crippen molar-refractivity contribution in [2.75, 3.05) is 13.2 Å². The highest BCUT2D eigenvalue weighted by atomic mass is 16.6. The molecule has 2 aromatic carbocycles. The van der Waals surface area contributed by atoms with Gasteiger partial charge < -0.3 is 13.9 Å². The molecule has 152 valence electrons. The maximum Gasteiger partial charge on any atom is 0.326 e. The third kappa shape index (κ3) is 3.52. The number of imidazole rings is 1. The fraction of sp³-hybridized carbons (Fsp3) is 0.208. The highest BCUT2D eigenvalue weighted by molar-refractivity contribution is 6.02. The van der Waals surface area contributed by atoms with E-state index < -0.39 is 17.9 Å². The molecular weight excluding hydrogens is 380 g/mol. The van der Waals surface area contributed by atoms with Crippen LogP contribution in [0.3, 0.4) is 0 Å². The van der Waals surface area contributed by atoms with Crippen molar-refractivity contribution in [3.63, 3.8) is 0 Å². The van der Waals surface area contributed by atoms with Crippen LogP contribution in [0.25, 0.3) is 27.7 Å². The van der Waals surface area contributed by atoms with Gasteiger partial charge in [-0.2, -0.15) is 0 Å². The average Bonchev–Trinajstić information content (AvgIpc) is 3.13. The van der Waals surface area contributed by atoms with Crippen LogP contribution in [-0.4, -0.2) is 34.5 Å².